The number of aryl methyl sites for hydroxylation is 2. The van der Waals surface area contributed by atoms with Crippen molar-refractivity contribution in [3.63, 3.8) is 0 Å². The van der Waals surface area contributed by atoms with Crippen molar-refractivity contribution in [2.75, 3.05) is 26.2 Å². The molecular formula is C23H27N5O3. The van der Waals surface area contributed by atoms with E-state index in [4.69, 9.17) is 0 Å². The summed E-state index contributed by atoms with van der Waals surface area (Å²) in [5.41, 5.74) is 2.21. The van der Waals surface area contributed by atoms with Crippen LogP contribution in [0.4, 0.5) is 0 Å². The van der Waals surface area contributed by atoms with Gasteiger partial charge in [0.25, 0.3) is 11.5 Å². The van der Waals surface area contributed by atoms with Crippen molar-refractivity contribution in [1.29, 1.82) is 0 Å². The molecule has 0 radical (unpaired) electrons. The van der Waals surface area contributed by atoms with Crippen LogP contribution in [0, 0.1) is 6.92 Å². The van der Waals surface area contributed by atoms with Crippen molar-refractivity contribution >= 4 is 16.9 Å². The number of amides is 1. The number of fused-ring (bicyclic) bond motifs is 1. The van der Waals surface area contributed by atoms with Crippen LogP contribution in [0.2, 0.25) is 0 Å². The molecule has 1 aliphatic heterocycles. The van der Waals surface area contributed by atoms with Gasteiger partial charge in [-0.3, -0.25) is 24.0 Å². The van der Waals surface area contributed by atoms with Crippen molar-refractivity contribution in [2.45, 2.75) is 33.4 Å². The number of carbonyl (C=O) groups is 1. The van der Waals surface area contributed by atoms with Gasteiger partial charge in [-0.1, -0.05) is 36.8 Å². The highest BCUT2D eigenvalue weighted by Crippen LogP contribution is 2.14. The van der Waals surface area contributed by atoms with E-state index < -0.39 is 11.2 Å². The lowest BCUT2D eigenvalue weighted by atomic mass is 10.1. The van der Waals surface area contributed by atoms with Gasteiger partial charge in [-0.25, -0.2) is 9.78 Å². The van der Waals surface area contributed by atoms with E-state index in [2.05, 4.69) is 46.1 Å². The molecule has 0 aliphatic carbocycles. The van der Waals surface area contributed by atoms with Crippen molar-refractivity contribution < 1.29 is 4.79 Å². The quantitative estimate of drug-likeness (QED) is 0.678. The first-order valence-electron chi connectivity index (χ1n) is 10.7. The van der Waals surface area contributed by atoms with Crippen LogP contribution in [0.5, 0.6) is 0 Å². The van der Waals surface area contributed by atoms with E-state index in [1.165, 1.54) is 21.9 Å². The normalized spacial score (nSPS) is 14.8. The second-order valence-corrected chi connectivity index (χ2v) is 8.06. The minimum atomic E-state index is -0.516. The van der Waals surface area contributed by atoms with Gasteiger partial charge in [-0.05, 0) is 25.0 Å². The Hall–Kier alpha value is -3.26. The number of hydrogen-bond donors (Lipinski definition) is 1. The first kappa shape index (κ1) is 21.0. The fourth-order valence-corrected chi connectivity index (χ4v) is 4.08. The summed E-state index contributed by atoms with van der Waals surface area (Å²) in [7, 11) is 0. The molecule has 8 nitrogen and oxygen atoms in total. The summed E-state index contributed by atoms with van der Waals surface area (Å²) in [6.07, 6.45) is 2.20. The van der Waals surface area contributed by atoms with Crippen molar-refractivity contribution in [2.24, 2.45) is 0 Å². The highest BCUT2D eigenvalue weighted by Gasteiger charge is 2.23. The Balaban J connectivity index is 1.49. The highest BCUT2D eigenvalue weighted by atomic mass is 16.2. The molecule has 1 N–H and O–H groups in total. The largest absolute Gasteiger partial charge is 0.336 e. The number of carbonyl (C=O) groups excluding carboxylic acids is 1. The maximum Gasteiger partial charge on any atom is 0.329 e. The molecule has 1 fully saturated rings. The Kier molecular flexibility index (Phi) is 5.99. The molecule has 0 unspecified atom stereocenters. The molecule has 0 saturated carbocycles. The molecule has 1 saturated heterocycles. The van der Waals surface area contributed by atoms with E-state index in [1.54, 1.807) is 11.0 Å². The van der Waals surface area contributed by atoms with Gasteiger partial charge >= 0.3 is 5.69 Å². The molecule has 0 atom stereocenters. The first-order chi connectivity index (χ1) is 15.0. The predicted molar refractivity (Wildman–Crippen MR) is 119 cm³/mol. The minimum absolute atomic E-state index is 0.141. The second kappa shape index (κ2) is 8.85. The lowest BCUT2D eigenvalue weighted by Gasteiger charge is -2.34. The van der Waals surface area contributed by atoms with Crippen LogP contribution in [0.15, 0.2) is 46.1 Å². The second-order valence-electron chi connectivity index (χ2n) is 8.06. The maximum absolute atomic E-state index is 13.0. The van der Waals surface area contributed by atoms with Crippen LogP contribution >= 0.6 is 0 Å². The van der Waals surface area contributed by atoms with E-state index in [9.17, 15) is 14.4 Å². The van der Waals surface area contributed by atoms with Crippen LogP contribution in [0.25, 0.3) is 11.0 Å². The monoisotopic (exact) mass is 421 g/mol. The fourth-order valence-electron chi connectivity index (χ4n) is 4.08. The number of nitrogens with one attached hydrogen (secondary N) is 1. The Labute approximate surface area is 180 Å². The van der Waals surface area contributed by atoms with Gasteiger partial charge in [0, 0.05) is 45.5 Å². The smallest absolute Gasteiger partial charge is 0.329 e. The molecular weight excluding hydrogens is 394 g/mol. The predicted octanol–water partition coefficient (Wildman–Crippen LogP) is 1.76. The number of piperazine rings is 1. The van der Waals surface area contributed by atoms with E-state index in [0.29, 0.717) is 30.8 Å². The molecule has 1 amide bonds. The van der Waals surface area contributed by atoms with E-state index in [-0.39, 0.29) is 11.3 Å². The van der Waals surface area contributed by atoms with Crippen molar-refractivity contribution in [3.8, 4) is 0 Å². The number of benzene rings is 1. The third-order valence-electron chi connectivity index (χ3n) is 5.67. The summed E-state index contributed by atoms with van der Waals surface area (Å²) in [4.78, 5) is 48.2. The number of hydrogen-bond acceptors (Lipinski definition) is 5. The Morgan fingerprint density at radius 3 is 2.61 bits per heavy atom. The Morgan fingerprint density at radius 1 is 1.13 bits per heavy atom. The van der Waals surface area contributed by atoms with E-state index in [1.807, 2.05) is 6.92 Å². The molecule has 8 heteroatoms. The van der Waals surface area contributed by atoms with Crippen LogP contribution < -0.4 is 11.2 Å². The third kappa shape index (κ3) is 4.44. The minimum Gasteiger partial charge on any atom is -0.336 e. The number of nitrogens with zero attached hydrogens (tertiary/aromatic N) is 4. The van der Waals surface area contributed by atoms with Crippen LogP contribution in [0.1, 0.15) is 34.8 Å². The van der Waals surface area contributed by atoms with Crippen LogP contribution in [-0.4, -0.2) is 56.4 Å². The van der Waals surface area contributed by atoms with Gasteiger partial charge in [0.1, 0.15) is 5.65 Å². The number of pyridine rings is 1. The molecule has 1 aliphatic rings. The SMILES string of the molecule is CCCn1c(=O)[nH]c(=O)c2cc(C(=O)N3CCN(Cc4cccc(C)c4)CC3)cnc21. The number of rotatable bonds is 5. The van der Waals surface area contributed by atoms with Crippen LogP contribution in [-0.2, 0) is 13.1 Å². The van der Waals surface area contributed by atoms with Gasteiger partial charge in [0.15, 0.2) is 0 Å². The standard InChI is InChI=1S/C23H27N5O3/c1-3-7-28-20-19(21(29)25-23(28)31)13-18(14-24-20)22(30)27-10-8-26(9-11-27)15-17-6-4-5-16(2)12-17/h4-6,12-14H,3,7-11,15H2,1-2H3,(H,25,29,31). The number of H-pyrrole nitrogens is 1. The summed E-state index contributed by atoms with van der Waals surface area (Å²) in [5, 5.41) is 0.261. The van der Waals surface area contributed by atoms with Gasteiger partial charge in [-0.2, -0.15) is 0 Å². The molecule has 0 bridgehead atoms. The molecule has 162 valence electrons. The van der Waals surface area contributed by atoms with Crippen molar-refractivity contribution in [3.05, 3.63) is 74.1 Å². The molecule has 4 rings (SSSR count). The first-order valence-corrected chi connectivity index (χ1v) is 10.7. The molecule has 1 aromatic carbocycles. The summed E-state index contributed by atoms with van der Waals surface area (Å²) in [6, 6.07) is 10.0. The summed E-state index contributed by atoms with van der Waals surface area (Å²) < 4.78 is 1.44. The molecule has 0 spiro atoms. The molecule has 31 heavy (non-hydrogen) atoms. The maximum atomic E-state index is 13.0. The lowest BCUT2D eigenvalue weighted by Crippen LogP contribution is -2.48. The van der Waals surface area contributed by atoms with E-state index >= 15 is 0 Å². The van der Waals surface area contributed by atoms with Gasteiger partial charge in [0.05, 0.1) is 10.9 Å². The zero-order valence-electron chi connectivity index (χ0n) is 17.9. The van der Waals surface area contributed by atoms with E-state index in [0.717, 1.165) is 26.1 Å². The van der Waals surface area contributed by atoms with Crippen molar-refractivity contribution in [1.82, 2.24) is 24.3 Å². The lowest BCUT2D eigenvalue weighted by molar-refractivity contribution is 0.0628. The zero-order valence-corrected chi connectivity index (χ0v) is 17.9. The summed E-state index contributed by atoms with van der Waals surface area (Å²) in [5.74, 6) is -0.141. The fraction of sp³-hybridized carbons (Fsp3) is 0.391. The Morgan fingerprint density at radius 2 is 1.90 bits per heavy atom. The average molecular weight is 422 g/mol. The molecule has 3 aromatic rings. The number of aromatic nitrogens is 3. The Bertz CT molecular complexity index is 1220. The molecule has 3 heterocycles. The molecule has 2 aromatic heterocycles. The average Bonchev–Trinajstić information content (AvgIpc) is 2.76. The third-order valence-corrected chi connectivity index (χ3v) is 5.67. The highest BCUT2D eigenvalue weighted by molar-refractivity contribution is 5.96. The van der Waals surface area contributed by atoms with Gasteiger partial charge < -0.3 is 4.90 Å². The topological polar surface area (TPSA) is 91.3 Å². The zero-order chi connectivity index (χ0) is 22.0. The van der Waals surface area contributed by atoms with Crippen LogP contribution in [0.3, 0.4) is 0 Å². The summed E-state index contributed by atoms with van der Waals surface area (Å²) >= 11 is 0. The van der Waals surface area contributed by atoms with Gasteiger partial charge in [0.2, 0.25) is 0 Å². The number of aromatic amines is 1. The summed E-state index contributed by atoms with van der Waals surface area (Å²) in [6.45, 7) is 8.17. The van der Waals surface area contributed by atoms with Gasteiger partial charge in [-0.15, -0.1) is 0 Å².